The number of amides is 2. The lowest BCUT2D eigenvalue weighted by molar-refractivity contribution is 0.188. The number of carbonyl (C=O) groups is 1. The Balaban J connectivity index is 2.72. The molecule has 0 heterocycles. The van der Waals surface area contributed by atoms with Gasteiger partial charge in [0.15, 0.2) is 0 Å². The highest BCUT2D eigenvalue weighted by Crippen LogP contribution is 2.23. The van der Waals surface area contributed by atoms with E-state index in [-0.39, 0.29) is 12.6 Å². The van der Waals surface area contributed by atoms with Crippen LogP contribution in [0.5, 0.6) is 0 Å². The summed E-state index contributed by atoms with van der Waals surface area (Å²) in [5, 5.41) is 11.8. The highest BCUT2D eigenvalue weighted by atomic mass is 79.9. The normalized spacial score (nSPS) is 10.2. The quantitative estimate of drug-likeness (QED) is 0.877. The summed E-state index contributed by atoms with van der Waals surface area (Å²) < 4.78 is 0.858. The summed E-state index contributed by atoms with van der Waals surface area (Å²) in [5.74, 6) is 0. The van der Waals surface area contributed by atoms with Gasteiger partial charge in [0.25, 0.3) is 0 Å². The van der Waals surface area contributed by atoms with E-state index in [9.17, 15) is 4.79 Å². The van der Waals surface area contributed by atoms with Gasteiger partial charge >= 0.3 is 6.03 Å². The van der Waals surface area contributed by atoms with E-state index in [1.54, 1.807) is 4.90 Å². The number of nitrogens with zero attached hydrogens (tertiary/aromatic N) is 1. The number of urea groups is 1. The van der Waals surface area contributed by atoms with Crippen LogP contribution >= 0.6 is 15.9 Å². The van der Waals surface area contributed by atoms with Gasteiger partial charge in [0.05, 0.1) is 12.3 Å². The molecule has 18 heavy (non-hydrogen) atoms. The zero-order valence-electron chi connectivity index (χ0n) is 10.7. The molecule has 0 saturated carbocycles. The van der Waals surface area contributed by atoms with Gasteiger partial charge in [0.2, 0.25) is 0 Å². The Labute approximate surface area is 116 Å². The SMILES string of the molecule is CCCN(CCO)C(=O)Nc1ccc(C)cc1Br. The largest absolute Gasteiger partial charge is 0.395 e. The monoisotopic (exact) mass is 314 g/mol. The van der Waals surface area contributed by atoms with Crippen molar-refractivity contribution in [2.24, 2.45) is 0 Å². The first-order valence-electron chi connectivity index (χ1n) is 6.01. The zero-order chi connectivity index (χ0) is 13.5. The number of benzene rings is 1. The molecule has 2 amide bonds. The van der Waals surface area contributed by atoms with Gasteiger partial charge in [-0.2, -0.15) is 0 Å². The van der Waals surface area contributed by atoms with Gasteiger partial charge in [-0.1, -0.05) is 13.0 Å². The van der Waals surface area contributed by atoms with Crippen molar-refractivity contribution in [3.8, 4) is 0 Å². The highest BCUT2D eigenvalue weighted by molar-refractivity contribution is 9.10. The first-order chi connectivity index (χ1) is 8.58. The van der Waals surface area contributed by atoms with Crippen LogP contribution in [0.25, 0.3) is 0 Å². The Morgan fingerprint density at radius 3 is 2.72 bits per heavy atom. The predicted molar refractivity (Wildman–Crippen MR) is 76.8 cm³/mol. The summed E-state index contributed by atoms with van der Waals surface area (Å²) in [6.45, 7) is 4.95. The minimum absolute atomic E-state index is 0.0253. The summed E-state index contributed by atoms with van der Waals surface area (Å²) in [6.07, 6.45) is 0.864. The molecule has 0 aliphatic carbocycles. The molecule has 0 saturated heterocycles. The second-order valence-corrected chi connectivity index (χ2v) is 4.98. The lowest BCUT2D eigenvalue weighted by Crippen LogP contribution is -2.37. The predicted octanol–water partition coefficient (Wildman–Crippen LogP) is 2.99. The molecule has 100 valence electrons. The van der Waals surface area contributed by atoms with Crippen molar-refractivity contribution in [3.05, 3.63) is 28.2 Å². The van der Waals surface area contributed by atoms with Crippen molar-refractivity contribution in [1.82, 2.24) is 4.90 Å². The van der Waals surface area contributed by atoms with Crippen LogP contribution in [0.3, 0.4) is 0 Å². The van der Waals surface area contributed by atoms with Gasteiger partial charge in [-0.25, -0.2) is 4.79 Å². The van der Waals surface area contributed by atoms with E-state index in [2.05, 4.69) is 21.2 Å². The van der Waals surface area contributed by atoms with Crippen molar-refractivity contribution in [2.45, 2.75) is 20.3 Å². The Bertz CT molecular complexity index is 404. The van der Waals surface area contributed by atoms with E-state index in [1.165, 1.54) is 0 Å². The van der Waals surface area contributed by atoms with Crippen LogP contribution < -0.4 is 5.32 Å². The van der Waals surface area contributed by atoms with Gasteiger partial charge in [-0.05, 0) is 47.0 Å². The summed E-state index contributed by atoms with van der Waals surface area (Å²) in [4.78, 5) is 13.6. The zero-order valence-corrected chi connectivity index (χ0v) is 12.3. The Morgan fingerprint density at radius 1 is 1.44 bits per heavy atom. The van der Waals surface area contributed by atoms with E-state index < -0.39 is 0 Å². The smallest absolute Gasteiger partial charge is 0.321 e. The summed E-state index contributed by atoms with van der Waals surface area (Å²) in [7, 11) is 0. The minimum atomic E-state index is -0.185. The molecule has 5 heteroatoms. The number of nitrogens with one attached hydrogen (secondary N) is 1. The number of aliphatic hydroxyl groups excluding tert-OH is 1. The van der Waals surface area contributed by atoms with Crippen LogP contribution in [0.1, 0.15) is 18.9 Å². The van der Waals surface area contributed by atoms with Crippen molar-refractivity contribution < 1.29 is 9.90 Å². The maximum absolute atomic E-state index is 12.0. The summed E-state index contributed by atoms with van der Waals surface area (Å²) in [5.41, 5.74) is 1.87. The lowest BCUT2D eigenvalue weighted by atomic mass is 10.2. The fourth-order valence-corrected chi connectivity index (χ4v) is 2.21. The van der Waals surface area contributed by atoms with Gasteiger partial charge in [0, 0.05) is 17.6 Å². The molecule has 2 N–H and O–H groups in total. The molecular formula is C13H19BrN2O2. The first-order valence-corrected chi connectivity index (χ1v) is 6.80. The number of rotatable bonds is 5. The standard InChI is InChI=1S/C13H19BrN2O2/c1-3-6-16(7-8-17)13(18)15-12-5-4-10(2)9-11(12)14/h4-5,9,17H,3,6-8H2,1-2H3,(H,15,18). The number of anilines is 1. The van der Waals surface area contributed by atoms with Gasteiger partial charge < -0.3 is 15.3 Å². The van der Waals surface area contributed by atoms with E-state index in [0.717, 1.165) is 22.1 Å². The van der Waals surface area contributed by atoms with Crippen molar-refractivity contribution >= 4 is 27.6 Å². The molecule has 0 aliphatic rings. The molecule has 0 spiro atoms. The Kier molecular flexibility index (Phi) is 6.15. The maximum atomic E-state index is 12.0. The molecule has 0 unspecified atom stereocenters. The highest BCUT2D eigenvalue weighted by Gasteiger charge is 2.13. The van der Waals surface area contributed by atoms with Crippen molar-refractivity contribution in [3.63, 3.8) is 0 Å². The molecule has 4 nitrogen and oxygen atoms in total. The molecule has 1 aromatic rings. The van der Waals surface area contributed by atoms with Gasteiger partial charge in [-0.15, -0.1) is 0 Å². The van der Waals surface area contributed by atoms with Crippen LogP contribution in [-0.2, 0) is 0 Å². The summed E-state index contributed by atoms with van der Waals surface area (Å²) >= 11 is 3.42. The number of halogens is 1. The van der Waals surface area contributed by atoms with Crippen LogP contribution in [0.2, 0.25) is 0 Å². The van der Waals surface area contributed by atoms with Crippen LogP contribution in [-0.4, -0.2) is 35.7 Å². The molecule has 1 aromatic carbocycles. The van der Waals surface area contributed by atoms with E-state index in [0.29, 0.717) is 13.1 Å². The average Bonchev–Trinajstić information content (AvgIpc) is 2.32. The fourth-order valence-electron chi connectivity index (χ4n) is 1.62. The summed E-state index contributed by atoms with van der Waals surface area (Å²) in [6, 6.07) is 5.57. The molecule has 0 aliphatic heterocycles. The van der Waals surface area contributed by atoms with E-state index >= 15 is 0 Å². The van der Waals surface area contributed by atoms with Crippen LogP contribution in [0.15, 0.2) is 22.7 Å². The van der Waals surface area contributed by atoms with Gasteiger partial charge in [0.1, 0.15) is 0 Å². The van der Waals surface area contributed by atoms with Crippen LogP contribution in [0, 0.1) is 6.92 Å². The Morgan fingerprint density at radius 2 is 2.17 bits per heavy atom. The molecule has 0 radical (unpaired) electrons. The molecular weight excluding hydrogens is 296 g/mol. The lowest BCUT2D eigenvalue weighted by Gasteiger charge is -2.22. The number of aliphatic hydroxyl groups is 1. The molecule has 1 rings (SSSR count). The first kappa shape index (κ1) is 15.0. The van der Waals surface area contributed by atoms with E-state index in [4.69, 9.17) is 5.11 Å². The molecule has 0 fully saturated rings. The van der Waals surface area contributed by atoms with Crippen molar-refractivity contribution in [2.75, 3.05) is 25.0 Å². The fraction of sp³-hybridized carbons (Fsp3) is 0.462. The number of aryl methyl sites for hydroxylation is 1. The maximum Gasteiger partial charge on any atom is 0.321 e. The number of carbonyl (C=O) groups excluding carboxylic acids is 1. The topological polar surface area (TPSA) is 52.6 Å². The van der Waals surface area contributed by atoms with Crippen molar-refractivity contribution in [1.29, 1.82) is 0 Å². The van der Waals surface area contributed by atoms with E-state index in [1.807, 2.05) is 32.0 Å². The number of hydrogen-bond donors (Lipinski definition) is 2. The minimum Gasteiger partial charge on any atom is -0.395 e. The molecule has 0 bridgehead atoms. The number of hydrogen-bond acceptors (Lipinski definition) is 2. The average molecular weight is 315 g/mol. The van der Waals surface area contributed by atoms with Crippen LogP contribution in [0.4, 0.5) is 10.5 Å². The third-order valence-electron chi connectivity index (χ3n) is 2.52. The molecule has 0 aromatic heterocycles. The second kappa shape index (κ2) is 7.38. The third kappa shape index (κ3) is 4.31. The Hall–Kier alpha value is -1.07. The van der Waals surface area contributed by atoms with Gasteiger partial charge in [-0.3, -0.25) is 0 Å². The molecule has 0 atom stereocenters. The second-order valence-electron chi connectivity index (χ2n) is 4.12. The third-order valence-corrected chi connectivity index (χ3v) is 3.17.